The molecule has 1 aliphatic carbocycles. The molecule has 1 aromatic carbocycles. The summed E-state index contributed by atoms with van der Waals surface area (Å²) in [4.78, 5) is 12.9. The highest BCUT2D eigenvalue weighted by Crippen LogP contribution is 2.59. The number of carbonyl (C=O) groups excluding carboxylic acids is 1. The van der Waals surface area contributed by atoms with Crippen LogP contribution in [0.15, 0.2) is 34.7 Å². The summed E-state index contributed by atoms with van der Waals surface area (Å²) in [5.41, 5.74) is 2.50. The van der Waals surface area contributed by atoms with Crippen molar-refractivity contribution in [3.05, 3.63) is 35.4 Å². The molecule has 1 saturated carbocycles. The van der Waals surface area contributed by atoms with Crippen LogP contribution in [0.25, 0.3) is 0 Å². The normalized spacial score (nSPS) is 21.8. The molecule has 0 heterocycles. The van der Waals surface area contributed by atoms with Crippen molar-refractivity contribution >= 4 is 21.6 Å². The van der Waals surface area contributed by atoms with E-state index in [2.05, 4.69) is 25.2 Å². The third-order valence-corrected chi connectivity index (χ3v) is 6.76. The molecular weight excluding hydrogens is 336 g/mol. The molecule has 25 heavy (non-hydrogen) atoms. The van der Waals surface area contributed by atoms with Crippen molar-refractivity contribution in [2.75, 3.05) is 19.4 Å². The quantitative estimate of drug-likeness (QED) is 0.814. The van der Waals surface area contributed by atoms with Crippen LogP contribution in [0.3, 0.4) is 0 Å². The largest absolute Gasteiger partial charge is 0.326 e. The average molecular weight is 365 g/mol. The number of rotatable bonds is 5. The Morgan fingerprint density at radius 3 is 2.36 bits per heavy atom. The molecule has 0 saturated heterocycles. The minimum absolute atomic E-state index is 0.0602. The van der Waals surface area contributed by atoms with E-state index in [0.29, 0.717) is 5.69 Å². The first-order valence-electron chi connectivity index (χ1n) is 8.38. The minimum Gasteiger partial charge on any atom is -0.326 e. The van der Waals surface area contributed by atoms with Crippen LogP contribution in [0.2, 0.25) is 0 Å². The number of anilines is 1. The van der Waals surface area contributed by atoms with Crippen LogP contribution in [0.4, 0.5) is 5.69 Å². The van der Waals surface area contributed by atoms with Gasteiger partial charge in [-0.15, -0.1) is 0 Å². The molecule has 1 N–H and O–H groups in total. The summed E-state index contributed by atoms with van der Waals surface area (Å²) in [7, 11) is -0.553. The van der Waals surface area contributed by atoms with Crippen LogP contribution < -0.4 is 5.32 Å². The van der Waals surface area contributed by atoms with Gasteiger partial charge in [0.05, 0.1) is 10.8 Å². The van der Waals surface area contributed by atoms with Gasteiger partial charge in [0.2, 0.25) is 15.9 Å². The zero-order chi connectivity index (χ0) is 19.2. The Labute approximate surface area is 151 Å². The number of allylic oxidation sites excluding steroid dienone is 2. The van der Waals surface area contributed by atoms with Gasteiger partial charge in [-0.3, -0.25) is 4.79 Å². The summed E-state index contributed by atoms with van der Waals surface area (Å²) >= 11 is 0. The van der Waals surface area contributed by atoms with E-state index in [4.69, 9.17) is 0 Å². The monoisotopic (exact) mass is 364 g/mol. The molecule has 1 fully saturated rings. The molecule has 0 aliphatic heterocycles. The van der Waals surface area contributed by atoms with Crippen LogP contribution >= 0.6 is 0 Å². The first-order chi connectivity index (χ1) is 11.4. The smallest absolute Gasteiger partial charge is 0.242 e. The van der Waals surface area contributed by atoms with Crippen LogP contribution in [0.5, 0.6) is 0 Å². The van der Waals surface area contributed by atoms with Crippen molar-refractivity contribution in [3.8, 4) is 0 Å². The van der Waals surface area contributed by atoms with Crippen molar-refractivity contribution in [1.29, 1.82) is 0 Å². The van der Waals surface area contributed by atoms with Gasteiger partial charge in [0, 0.05) is 19.8 Å². The predicted octanol–water partition coefficient (Wildman–Crippen LogP) is 3.42. The number of hydrogen-bond acceptors (Lipinski definition) is 3. The molecule has 0 bridgehead atoms. The highest BCUT2D eigenvalue weighted by Gasteiger charge is 2.60. The van der Waals surface area contributed by atoms with E-state index in [0.717, 1.165) is 9.87 Å². The molecule has 0 unspecified atom stereocenters. The molecular formula is C19H28N2O3S. The van der Waals surface area contributed by atoms with Crippen molar-refractivity contribution in [2.24, 2.45) is 17.3 Å². The van der Waals surface area contributed by atoms with Crippen LogP contribution in [-0.2, 0) is 14.8 Å². The fourth-order valence-electron chi connectivity index (χ4n) is 3.17. The highest BCUT2D eigenvalue weighted by molar-refractivity contribution is 7.89. The van der Waals surface area contributed by atoms with Crippen molar-refractivity contribution < 1.29 is 13.2 Å². The standard InChI is InChI=1S/C19H28N2O3S/c1-12(2)10-15-17(19(15,4)5)18(22)20-16-11-14(9-8-13(16)3)25(23,24)21(6)7/h8-11,15,17H,1-7H3,(H,20,22)/t15-,17+/m1/s1. The Bertz CT molecular complexity index is 819. The molecule has 1 amide bonds. The number of carbonyl (C=O) groups is 1. The van der Waals surface area contributed by atoms with Gasteiger partial charge in [0.25, 0.3) is 0 Å². The topological polar surface area (TPSA) is 66.5 Å². The lowest BCUT2D eigenvalue weighted by atomic mass is 10.1. The summed E-state index contributed by atoms with van der Waals surface area (Å²) in [5.74, 6) is 0.0532. The number of hydrogen-bond donors (Lipinski definition) is 1. The molecule has 138 valence electrons. The first-order valence-corrected chi connectivity index (χ1v) is 9.82. The van der Waals surface area contributed by atoms with Gasteiger partial charge < -0.3 is 5.32 Å². The van der Waals surface area contributed by atoms with Gasteiger partial charge in [0.15, 0.2) is 0 Å². The molecule has 6 heteroatoms. The van der Waals surface area contributed by atoms with Crippen LogP contribution in [0.1, 0.15) is 33.3 Å². The van der Waals surface area contributed by atoms with E-state index in [9.17, 15) is 13.2 Å². The molecule has 2 rings (SSSR count). The number of amides is 1. The average Bonchev–Trinajstić information content (AvgIpc) is 3.00. The van der Waals surface area contributed by atoms with E-state index in [-0.39, 0.29) is 28.1 Å². The lowest BCUT2D eigenvalue weighted by molar-refractivity contribution is -0.118. The van der Waals surface area contributed by atoms with E-state index in [1.807, 2.05) is 20.8 Å². The number of benzene rings is 1. The summed E-state index contributed by atoms with van der Waals surface area (Å²) < 4.78 is 25.8. The van der Waals surface area contributed by atoms with Crippen LogP contribution in [0, 0.1) is 24.2 Å². The third kappa shape index (κ3) is 3.80. The molecule has 2 atom stereocenters. The SMILES string of the molecule is CC(C)=C[C@@H]1[C@@H](C(=O)Nc2cc(S(=O)(=O)N(C)C)ccc2C)C1(C)C. The second-order valence-corrected chi connectivity index (χ2v) is 9.97. The molecule has 0 aromatic heterocycles. The fraction of sp³-hybridized carbons (Fsp3) is 0.526. The minimum atomic E-state index is -3.53. The van der Waals surface area contributed by atoms with E-state index < -0.39 is 10.0 Å². The summed E-state index contributed by atoms with van der Waals surface area (Å²) in [6.45, 7) is 10.1. The maximum absolute atomic E-state index is 12.7. The maximum Gasteiger partial charge on any atom is 0.242 e. The van der Waals surface area contributed by atoms with Crippen LogP contribution in [-0.4, -0.2) is 32.7 Å². The zero-order valence-electron chi connectivity index (χ0n) is 16.0. The molecule has 1 aliphatic rings. The number of nitrogens with zero attached hydrogens (tertiary/aromatic N) is 1. The molecule has 0 spiro atoms. The summed E-state index contributed by atoms with van der Waals surface area (Å²) in [6, 6.07) is 4.82. The maximum atomic E-state index is 12.7. The van der Waals surface area contributed by atoms with Crippen molar-refractivity contribution in [1.82, 2.24) is 4.31 Å². The number of nitrogens with one attached hydrogen (secondary N) is 1. The summed E-state index contributed by atoms with van der Waals surface area (Å²) in [5, 5.41) is 2.93. The van der Waals surface area contributed by atoms with Gasteiger partial charge in [-0.2, -0.15) is 0 Å². The molecule has 5 nitrogen and oxygen atoms in total. The van der Waals surface area contributed by atoms with Crippen molar-refractivity contribution in [2.45, 2.75) is 39.5 Å². The van der Waals surface area contributed by atoms with E-state index >= 15 is 0 Å². The number of sulfonamides is 1. The molecule has 0 radical (unpaired) electrons. The second kappa shape index (κ2) is 6.57. The Balaban J connectivity index is 2.27. The lowest BCUT2D eigenvalue weighted by Gasteiger charge is -2.14. The predicted molar refractivity (Wildman–Crippen MR) is 101 cm³/mol. The lowest BCUT2D eigenvalue weighted by Crippen LogP contribution is -2.23. The number of aryl methyl sites for hydroxylation is 1. The highest BCUT2D eigenvalue weighted by atomic mass is 32.2. The van der Waals surface area contributed by atoms with Gasteiger partial charge in [0.1, 0.15) is 0 Å². The van der Waals surface area contributed by atoms with Gasteiger partial charge in [-0.1, -0.05) is 31.6 Å². The second-order valence-electron chi connectivity index (χ2n) is 7.82. The van der Waals surface area contributed by atoms with Gasteiger partial charge in [-0.05, 0) is 49.8 Å². The van der Waals surface area contributed by atoms with E-state index in [1.54, 1.807) is 12.1 Å². The fourth-order valence-corrected chi connectivity index (χ4v) is 4.09. The van der Waals surface area contributed by atoms with Gasteiger partial charge >= 0.3 is 0 Å². The summed E-state index contributed by atoms with van der Waals surface area (Å²) in [6.07, 6.45) is 2.14. The van der Waals surface area contributed by atoms with E-state index in [1.165, 1.54) is 25.7 Å². The molecule has 1 aromatic rings. The Hall–Kier alpha value is -1.66. The third-order valence-electron chi connectivity index (χ3n) is 4.95. The Morgan fingerprint density at radius 1 is 1.24 bits per heavy atom. The zero-order valence-corrected chi connectivity index (χ0v) is 16.9. The Kier molecular flexibility index (Phi) is 5.17. The Morgan fingerprint density at radius 2 is 1.84 bits per heavy atom. The first kappa shape index (κ1) is 19.7. The van der Waals surface area contributed by atoms with Gasteiger partial charge in [-0.25, -0.2) is 12.7 Å². The van der Waals surface area contributed by atoms with Crippen molar-refractivity contribution in [3.63, 3.8) is 0 Å².